The molecule has 152 valence electrons. The molecule has 2 aromatic carbocycles. The predicted molar refractivity (Wildman–Crippen MR) is 111 cm³/mol. The van der Waals surface area contributed by atoms with E-state index in [4.69, 9.17) is 9.15 Å². The summed E-state index contributed by atoms with van der Waals surface area (Å²) in [5.74, 6) is 0.150. The molecule has 1 aromatic heterocycles. The summed E-state index contributed by atoms with van der Waals surface area (Å²) in [7, 11) is 0. The molecule has 1 heterocycles. The number of carbonyl (C=O) groups is 1. The van der Waals surface area contributed by atoms with E-state index < -0.39 is 17.8 Å². The van der Waals surface area contributed by atoms with Crippen molar-refractivity contribution in [3.8, 4) is 5.75 Å². The Kier molecular flexibility index (Phi) is 6.34. The number of rotatable bonds is 7. The van der Waals surface area contributed by atoms with Crippen LogP contribution in [0.1, 0.15) is 36.6 Å². The van der Waals surface area contributed by atoms with E-state index in [1.54, 1.807) is 25.1 Å². The van der Waals surface area contributed by atoms with Gasteiger partial charge in [0.05, 0.1) is 11.5 Å². The minimum absolute atomic E-state index is 0.0835. The van der Waals surface area contributed by atoms with Crippen LogP contribution in [-0.4, -0.2) is 23.7 Å². The number of amides is 1. The molecule has 6 nitrogen and oxygen atoms in total. The molecule has 0 saturated heterocycles. The summed E-state index contributed by atoms with van der Waals surface area (Å²) in [5, 5.41) is 13.6. The lowest BCUT2D eigenvalue weighted by atomic mass is 10.0. The Labute approximate surface area is 169 Å². The molecule has 3 aromatic rings. The zero-order valence-corrected chi connectivity index (χ0v) is 16.8. The highest BCUT2D eigenvalue weighted by atomic mass is 16.5. The third kappa shape index (κ3) is 4.84. The largest absolute Gasteiger partial charge is 0.480 e. The van der Waals surface area contributed by atoms with E-state index in [1.807, 2.05) is 38.1 Å². The van der Waals surface area contributed by atoms with Crippen LogP contribution in [0.3, 0.4) is 0 Å². The summed E-state index contributed by atoms with van der Waals surface area (Å²) in [4.78, 5) is 24.3. The molecule has 1 amide bonds. The number of carbonyl (C=O) groups excluding carboxylic acids is 1. The zero-order chi connectivity index (χ0) is 21.0. The Morgan fingerprint density at radius 2 is 1.93 bits per heavy atom. The van der Waals surface area contributed by atoms with Crippen molar-refractivity contribution in [2.45, 2.75) is 39.4 Å². The first-order valence-corrected chi connectivity index (χ1v) is 9.63. The molecular weight excluding hydrogens is 370 g/mol. The van der Waals surface area contributed by atoms with Crippen molar-refractivity contribution in [2.24, 2.45) is 0 Å². The Bertz CT molecular complexity index is 1060. The molecule has 0 unspecified atom stereocenters. The van der Waals surface area contributed by atoms with Gasteiger partial charge in [0.2, 0.25) is 0 Å². The average Bonchev–Trinajstić information content (AvgIpc) is 2.71. The predicted octanol–water partition coefficient (Wildman–Crippen LogP) is 3.28. The van der Waals surface area contributed by atoms with Gasteiger partial charge in [-0.3, -0.25) is 4.79 Å². The summed E-state index contributed by atoms with van der Waals surface area (Å²) in [6.45, 7) is 5.54. The first kappa shape index (κ1) is 20.6. The summed E-state index contributed by atoms with van der Waals surface area (Å²) < 4.78 is 11.3. The lowest BCUT2D eigenvalue weighted by molar-refractivity contribution is -0.127. The molecule has 29 heavy (non-hydrogen) atoms. The number of ether oxygens (including phenoxy) is 1. The molecule has 0 bridgehead atoms. The maximum absolute atomic E-state index is 12.5. The number of hydrogen-bond acceptors (Lipinski definition) is 5. The van der Waals surface area contributed by atoms with Crippen molar-refractivity contribution >= 4 is 16.9 Å². The number of aliphatic hydroxyl groups is 1. The molecule has 2 N–H and O–H groups in total. The van der Waals surface area contributed by atoms with E-state index in [9.17, 15) is 14.7 Å². The van der Waals surface area contributed by atoms with Crippen molar-refractivity contribution in [3.63, 3.8) is 0 Å². The van der Waals surface area contributed by atoms with Crippen LogP contribution in [-0.2, 0) is 11.2 Å². The lowest BCUT2D eigenvalue weighted by Crippen LogP contribution is -2.38. The second-order valence-corrected chi connectivity index (χ2v) is 7.01. The first-order chi connectivity index (χ1) is 13.9. The molecule has 0 radical (unpaired) electrons. The highest BCUT2D eigenvalue weighted by Crippen LogP contribution is 2.31. The molecule has 0 spiro atoms. The lowest BCUT2D eigenvalue weighted by Gasteiger charge is -2.19. The van der Waals surface area contributed by atoms with Gasteiger partial charge < -0.3 is 19.6 Å². The molecule has 0 aliphatic heterocycles. The summed E-state index contributed by atoms with van der Waals surface area (Å²) in [6.07, 6.45) is -0.960. The van der Waals surface area contributed by atoms with Gasteiger partial charge in [-0.05, 0) is 49.1 Å². The molecule has 0 aliphatic rings. The number of nitrogens with one attached hydrogen (secondary N) is 1. The van der Waals surface area contributed by atoms with Gasteiger partial charge in [-0.2, -0.15) is 0 Å². The van der Waals surface area contributed by atoms with E-state index >= 15 is 0 Å². The maximum Gasteiger partial charge on any atom is 0.336 e. The van der Waals surface area contributed by atoms with Crippen LogP contribution >= 0.6 is 0 Å². The van der Waals surface area contributed by atoms with E-state index in [0.29, 0.717) is 23.1 Å². The van der Waals surface area contributed by atoms with Crippen LogP contribution in [0, 0.1) is 6.92 Å². The highest BCUT2D eigenvalue weighted by molar-refractivity contribution is 5.88. The SMILES string of the molecule is CCc1cc(=O)oc2cc(C)cc(O[C@@H](C)C(=O)NC[C@H](O)c3ccccc3)c12. The number of aryl methyl sites for hydroxylation is 2. The number of aliphatic hydroxyl groups excluding tert-OH is 1. The highest BCUT2D eigenvalue weighted by Gasteiger charge is 2.19. The normalized spacial score (nSPS) is 13.1. The fourth-order valence-electron chi connectivity index (χ4n) is 3.22. The smallest absolute Gasteiger partial charge is 0.336 e. The van der Waals surface area contributed by atoms with E-state index in [1.165, 1.54) is 6.07 Å². The van der Waals surface area contributed by atoms with Gasteiger partial charge in [0.1, 0.15) is 11.3 Å². The van der Waals surface area contributed by atoms with Gasteiger partial charge in [0, 0.05) is 12.6 Å². The molecule has 0 saturated carbocycles. The number of fused-ring (bicyclic) bond motifs is 1. The van der Waals surface area contributed by atoms with Crippen LogP contribution in [0.15, 0.2) is 57.7 Å². The van der Waals surface area contributed by atoms with Crippen LogP contribution < -0.4 is 15.7 Å². The van der Waals surface area contributed by atoms with Gasteiger partial charge >= 0.3 is 5.63 Å². The fourth-order valence-corrected chi connectivity index (χ4v) is 3.22. The van der Waals surface area contributed by atoms with Gasteiger partial charge in [-0.25, -0.2) is 4.79 Å². The Morgan fingerprint density at radius 3 is 2.62 bits per heavy atom. The van der Waals surface area contributed by atoms with Crippen molar-refractivity contribution in [1.82, 2.24) is 5.32 Å². The molecule has 2 atom stereocenters. The number of hydrogen-bond donors (Lipinski definition) is 2. The minimum Gasteiger partial charge on any atom is -0.480 e. The van der Waals surface area contributed by atoms with Gasteiger partial charge in [-0.15, -0.1) is 0 Å². The summed E-state index contributed by atoms with van der Waals surface area (Å²) in [6, 6.07) is 14.2. The van der Waals surface area contributed by atoms with Crippen LogP contribution in [0.25, 0.3) is 11.0 Å². The monoisotopic (exact) mass is 395 g/mol. The minimum atomic E-state index is -0.798. The van der Waals surface area contributed by atoms with Crippen molar-refractivity contribution in [1.29, 1.82) is 0 Å². The van der Waals surface area contributed by atoms with Crippen LogP contribution in [0.2, 0.25) is 0 Å². The van der Waals surface area contributed by atoms with Crippen molar-refractivity contribution < 1.29 is 19.1 Å². The van der Waals surface area contributed by atoms with E-state index in [-0.39, 0.29) is 12.5 Å². The maximum atomic E-state index is 12.5. The molecule has 0 fully saturated rings. The third-order valence-corrected chi connectivity index (χ3v) is 4.74. The standard InChI is InChI=1S/C23H25NO5/c1-4-16-12-21(26)29-20-11-14(2)10-19(22(16)20)28-15(3)23(27)24-13-18(25)17-8-6-5-7-9-17/h5-12,15,18,25H,4,13H2,1-3H3,(H,24,27)/t15-,18-/m0/s1. The molecule has 0 aliphatic carbocycles. The molecular formula is C23H25NO5. The van der Waals surface area contributed by atoms with Crippen molar-refractivity contribution in [3.05, 3.63) is 75.6 Å². The zero-order valence-electron chi connectivity index (χ0n) is 16.8. The molecule has 6 heteroatoms. The van der Waals surface area contributed by atoms with Gasteiger partial charge in [0.15, 0.2) is 6.10 Å². The summed E-state index contributed by atoms with van der Waals surface area (Å²) in [5.41, 5.74) is 2.42. The fraction of sp³-hybridized carbons (Fsp3) is 0.304. The van der Waals surface area contributed by atoms with Gasteiger partial charge in [-0.1, -0.05) is 37.3 Å². The molecule has 3 rings (SSSR count). The number of benzene rings is 2. The van der Waals surface area contributed by atoms with E-state index in [0.717, 1.165) is 16.7 Å². The second kappa shape index (κ2) is 8.92. The van der Waals surface area contributed by atoms with Gasteiger partial charge in [0.25, 0.3) is 5.91 Å². The Balaban J connectivity index is 1.76. The van der Waals surface area contributed by atoms with E-state index in [2.05, 4.69) is 5.32 Å². The summed E-state index contributed by atoms with van der Waals surface area (Å²) >= 11 is 0. The Morgan fingerprint density at radius 1 is 1.21 bits per heavy atom. The van der Waals surface area contributed by atoms with Crippen LogP contribution in [0.4, 0.5) is 0 Å². The third-order valence-electron chi connectivity index (χ3n) is 4.74. The topological polar surface area (TPSA) is 88.8 Å². The first-order valence-electron chi connectivity index (χ1n) is 9.63. The average molecular weight is 395 g/mol. The van der Waals surface area contributed by atoms with Crippen molar-refractivity contribution in [2.75, 3.05) is 6.54 Å². The van der Waals surface area contributed by atoms with Crippen LogP contribution in [0.5, 0.6) is 5.75 Å². The second-order valence-electron chi connectivity index (χ2n) is 7.01. The quantitative estimate of drug-likeness (QED) is 0.600. The Hall–Kier alpha value is -3.12.